The number of ether oxygens (including phenoxy) is 2. The van der Waals surface area contributed by atoms with Crippen LogP contribution in [0.3, 0.4) is 0 Å². The van der Waals surface area contributed by atoms with Gasteiger partial charge in [0, 0.05) is 20.4 Å². The molecule has 0 fully saturated rings. The number of oxime groups is 1. The number of alkyl carbamates (subject to hydrolysis) is 1. The number of benzene rings is 3. The summed E-state index contributed by atoms with van der Waals surface area (Å²) in [6.07, 6.45) is -0.0333. The van der Waals surface area contributed by atoms with Crippen molar-refractivity contribution in [1.29, 1.82) is 0 Å². The zero-order valence-corrected chi connectivity index (χ0v) is 26.4. The molecule has 9 heteroatoms. The number of hydrogen-bond donors (Lipinski definition) is 1. The van der Waals surface area contributed by atoms with Crippen molar-refractivity contribution in [2.45, 2.75) is 57.1 Å². The van der Waals surface area contributed by atoms with Crippen LogP contribution in [0.2, 0.25) is 25.7 Å². The van der Waals surface area contributed by atoms with Gasteiger partial charge in [-0.1, -0.05) is 104 Å². The highest BCUT2D eigenvalue weighted by Crippen LogP contribution is 2.44. The van der Waals surface area contributed by atoms with Gasteiger partial charge in [-0.25, -0.2) is 9.59 Å². The number of fused-ring (bicyclic) bond motifs is 3. The Morgan fingerprint density at radius 3 is 2.15 bits per heavy atom. The molecule has 0 saturated heterocycles. The fraction of sp³-hybridized carbons (Fsp3) is 0.344. The normalized spacial score (nSPS) is 13.6. The third-order valence-electron chi connectivity index (χ3n) is 6.89. The van der Waals surface area contributed by atoms with E-state index in [1.165, 1.54) is 0 Å². The van der Waals surface area contributed by atoms with Crippen molar-refractivity contribution in [3.05, 3.63) is 95.6 Å². The van der Waals surface area contributed by atoms with E-state index < -0.39 is 26.2 Å². The minimum Gasteiger partial charge on any atom is -0.459 e. The molecular formula is C32H37BrN2O5Si. The summed E-state index contributed by atoms with van der Waals surface area (Å²) in [7, 11) is -1.23. The van der Waals surface area contributed by atoms with E-state index in [2.05, 4.69) is 70.3 Å². The highest BCUT2D eigenvalue weighted by molar-refractivity contribution is 9.18. The number of carbonyl (C=O) groups is 2. The summed E-state index contributed by atoms with van der Waals surface area (Å²) in [5.41, 5.74) is 5.40. The third kappa shape index (κ3) is 9.03. The van der Waals surface area contributed by atoms with Gasteiger partial charge in [0.2, 0.25) is 0 Å². The predicted octanol–water partition coefficient (Wildman–Crippen LogP) is 7.48. The zero-order chi connectivity index (χ0) is 29.2. The maximum Gasteiger partial charge on any atom is 0.407 e. The first-order valence-electron chi connectivity index (χ1n) is 13.9. The van der Waals surface area contributed by atoms with Crippen LogP contribution in [-0.4, -0.2) is 44.0 Å². The van der Waals surface area contributed by atoms with E-state index in [0.29, 0.717) is 17.6 Å². The summed E-state index contributed by atoms with van der Waals surface area (Å²) >= 11 is 3.42. The number of nitrogens with one attached hydrogen (secondary N) is 1. The summed E-state index contributed by atoms with van der Waals surface area (Å²) in [4.78, 5) is 31.5. The van der Waals surface area contributed by atoms with Gasteiger partial charge in [-0.2, -0.15) is 0 Å². The molecule has 1 aliphatic rings. The minimum atomic E-state index is -1.23. The van der Waals surface area contributed by atoms with Crippen molar-refractivity contribution in [1.82, 2.24) is 5.32 Å². The van der Waals surface area contributed by atoms with Gasteiger partial charge in [-0.05, 0) is 56.2 Å². The lowest BCUT2D eigenvalue weighted by Gasteiger charge is -2.19. The Kier molecular flexibility index (Phi) is 10.8. The lowest BCUT2D eigenvalue weighted by molar-refractivity contribution is -0.147. The number of halogens is 1. The molecule has 1 N–H and O–H groups in total. The Labute approximate surface area is 251 Å². The second-order valence-corrected chi connectivity index (χ2v) is 17.8. The van der Waals surface area contributed by atoms with Crippen molar-refractivity contribution in [3.8, 4) is 11.1 Å². The molecule has 7 nitrogen and oxygen atoms in total. The van der Waals surface area contributed by atoms with Gasteiger partial charge in [0.1, 0.15) is 30.5 Å². The first-order valence-corrected chi connectivity index (χ1v) is 18.4. The Bertz CT molecular complexity index is 1310. The number of rotatable bonds is 13. The van der Waals surface area contributed by atoms with Crippen LogP contribution in [0.5, 0.6) is 0 Å². The SMILES string of the molecule is C[Si](C)(C)CCO/N=C(\Br)CC[C@H](NC(=O)OCC1c2ccccc2-c2ccccc21)C(=O)OCc1ccccc1. The Morgan fingerprint density at radius 1 is 0.902 bits per heavy atom. The highest BCUT2D eigenvalue weighted by atomic mass is 79.9. The lowest BCUT2D eigenvalue weighted by Crippen LogP contribution is -2.42. The van der Waals surface area contributed by atoms with Crippen LogP contribution in [0.15, 0.2) is 84.0 Å². The van der Waals surface area contributed by atoms with E-state index in [9.17, 15) is 9.59 Å². The first kappa shape index (κ1) is 30.5. The number of esters is 1. The van der Waals surface area contributed by atoms with E-state index in [1.54, 1.807) is 0 Å². The molecule has 216 valence electrons. The van der Waals surface area contributed by atoms with Crippen molar-refractivity contribution < 1.29 is 23.9 Å². The van der Waals surface area contributed by atoms with Crippen molar-refractivity contribution in [2.75, 3.05) is 13.2 Å². The molecule has 0 heterocycles. The standard InChI is InChI=1S/C32H37BrN2O5Si/c1-41(2,3)20-19-40-35-30(33)18-17-29(31(36)38-21-23-11-5-4-6-12-23)34-32(37)39-22-28-26-15-9-7-13-24(26)25-14-8-10-16-27(25)28/h4-16,28-29H,17-22H2,1-3H3,(H,34,37)/b35-30-/t29-/m0/s1. The van der Waals surface area contributed by atoms with Crippen molar-refractivity contribution in [2.24, 2.45) is 5.16 Å². The van der Waals surface area contributed by atoms with E-state index in [0.717, 1.165) is 33.9 Å². The molecule has 3 aromatic carbocycles. The van der Waals surface area contributed by atoms with E-state index in [-0.39, 0.29) is 25.6 Å². The van der Waals surface area contributed by atoms with E-state index in [1.807, 2.05) is 54.6 Å². The maximum atomic E-state index is 13.0. The molecule has 0 spiro atoms. The van der Waals surface area contributed by atoms with Crippen molar-refractivity contribution >= 4 is 40.7 Å². The molecule has 0 saturated carbocycles. The summed E-state index contributed by atoms with van der Waals surface area (Å²) in [5.74, 6) is -0.617. The molecule has 41 heavy (non-hydrogen) atoms. The molecule has 0 radical (unpaired) electrons. The zero-order valence-electron chi connectivity index (χ0n) is 23.8. The van der Waals surface area contributed by atoms with Gasteiger partial charge in [-0.3, -0.25) is 0 Å². The average Bonchev–Trinajstić information content (AvgIpc) is 3.28. The molecule has 0 aliphatic heterocycles. The van der Waals surface area contributed by atoms with E-state index >= 15 is 0 Å². The van der Waals surface area contributed by atoms with Gasteiger partial charge in [0.25, 0.3) is 0 Å². The van der Waals surface area contributed by atoms with Crippen LogP contribution in [0.25, 0.3) is 11.1 Å². The maximum absolute atomic E-state index is 13.0. The van der Waals surface area contributed by atoms with Gasteiger partial charge in [0.05, 0.1) is 0 Å². The topological polar surface area (TPSA) is 86.2 Å². The van der Waals surface area contributed by atoms with E-state index in [4.69, 9.17) is 14.3 Å². The lowest BCUT2D eigenvalue weighted by atomic mass is 9.98. The monoisotopic (exact) mass is 636 g/mol. The van der Waals surface area contributed by atoms with Crippen LogP contribution in [0, 0.1) is 0 Å². The number of nitrogens with zero attached hydrogens (tertiary/aromatic N) is 1. The predicted molar refractivity (Wildman–Crippen MR) is 168 cm³/mol. The number of hydrogen-bond acceptors (Lipinski definition) is 6. The summed E-state index contributed by atoms with van der Waals surface area (Å²) in [5, 5.41) is 6.84. The highest BCUT2D eigenvalue weighted by Gasteiger charge is 2.30. The first-order chi connectivity index (χ1) is 19.7. The fourth-order valence-corrected chi connectivity index (χ4v) is 5.67. The van der Waals surface area contributed by atoms with Gasteiger partial charge >= 0.3 is 12.1 Å². The van der Waals surface area contributed by atoms with Gasteiger partial charge < -0.3 is 19.6 Å². The number of carbonyl (C=O) groups excluding carboxylic acids is 2. The van der Waals surface area contributed by atoms with Crippen LogP contribution < -0.4 is 5.32 Å². The summed E-state index contributed by atoms with van der Waals surface area (Å²) < 4.78 is 11.8. The largest absolute Gasteiger partial charge is 0.459 e. The van der Waals surface area contributed by atoms with Gasteiger partial charge in [-0.15, -0.1) is 0 Å². The van der Waals surface area contributed by atoms with Crippen LogP contribution in [-0.2, 0) is 25.7 Å². The van der Waals surface area contributed by atoms with Crippen molar-refractivity contribution in [3.63, 3.8) is 0 Å². The molecule has 4 rings (SSSR count). The summed E-state index contributed by atoms with van der Waals surface area (Å²) in [6.45, 7) is 7.63. The van der Waals surface area contributed by atoms with Gasteiger partial charge in [0.15, 0.2) is 0 Å². The Morgan fingerprint density at radius 2 is 1.51 bits per heavy atom. The van der Waals surface area contributed by atoms with Crippen LogP contribution >= 0.6 is 15.9 Å². The second kappa shape index (κ2) is 14.5. The van der Waals surface area contributed by atoms with Crippen LogP contribution in [0.4, 0.5) is 4.79 Å². The molecule has 1 amide bonds. The average molecular weight is 638 g/mol. The Hall–Kier alpha value is -3.43. The molecule has 0 unspecified atom stereocenters. The Balaban J connectivity index is 1.37. The minimum absolute atomic E-state index is 0.0776. The second-order valence-electron chi connectivity index (χ2n) is 11.3. The molecular weight excluding hydrogens is 600 g/mol. The molecule has 1 atom stereocenters. The molecule has 1 aliphatic carbocycles. The van der Waals surface area contributed by atoms with Crippen LogP contribution in [0.1, 0.15) is 35.4 Å². The summed E-state index contributed by atoms with van der Waals surface area (Å²) in [6, 6.07) is 25.8. The third-order valence-corrected chi connectivity index (χ3v) is 9.14. The molecule has 0 bridgehead atoms. The number of amides is 1. The smallest absolute Gasteiger partial charge is 0.407 e. The quantitative estimate of drug-likeness (QED) is 0.0691. The fourth-order valence-electron chi connectivity index (χ4n) is 4.64. The molecule has 0 aromatic heterocycles. The molecule has 3 aromatic rings.